The lowest BCUT2D eigenvalue weighted by atomic mass is 10.1. The smallest absolute Gasteiger partial charge is 0.254 e. The number of nitrogens with two attached hydrogens (primary N) is 1. The van der Waals surface area contributed by atoms with E-state index in [4.69, 9.17) is 14.9 Å². The van der Waals surface area contributed by atoms with Crippen LogP contribution >= 0.6 is 0 Å². The van der Waals surface area contributed by atoms with Gasteiger partial charge in [0.05, 0.1) is 0 Å². The molecule has 26 heavy (non-hydrogen) atoms. The van der Waals surface area contributed by atoms with Crippen LogP contribution < -0.4 is 11.1 Å². The van der Waals surface area contributed by atoms with E-state index in [9.17, 15) is 9.59 Å². The summed E-state index contributed by atoms with van der Waals surface area (Å²) in [7, 11) is -0.462. The minimum atomic E-state index is -1.92. The number of rotatable bonds is 9. The third-order valence-corrected chi connectivity index (χ3v) is 9.45. The van der Waals surface area contributed by atoms with Gasteiger partial charge in [0.15, 0.2) is 14.4 Å². The van der Waals surface area contributed by atoms with Crippen LogP contribution in [0.5, 0.6) is 0 Å². The molecule has 1 rings (SSSR count). The Kier molecular flexibility index (Phi) is 7.99. The number of methoxy groups -OCH3 is 1. The van der Waals surface area contributed by atoms with Crippen LogP contribution in [0.2, 0.25) is 18.1 Å². The number of carbonyl (C=O) groups excluding carboxylic acids is 2. The Morgan fingerprint density at radius 3 is 2.23 bits per heavy atom. The molecule has 0 bridgehead atoms. The first-order valence-electron chi connectivity index (χ1n) is 8.81. The molecule has 1 aromatic carbocycles. The maximum Gasteiger partial charge on any atom is 0.254 e. The van der Waals surface area contributed by atoms with Gasteiger partial charge in [0, 0.05) is 13.7 Å². The highest BCUT2D eigenvalue weighted by molar-refractivity contribution is 6.74. The van der Waals surface area contributed by atoms with Crippen molar-refractivity contribution in [1.29, 1.82) is 0 Å². The maximum atomic E-state index is 12.5. The van der Waals surface area contributed by atoms with Gasteiger partial charge in [-0.1, -0.05) is 51.1 Å². The first-order valence-corrected chi connectivity index (χ1v) is 11.7. The van der Waals surface area contributed by atoms with Gasteiger partial charge < -0.3 is 20.2 Å². The minimum Gasteiger partial charge on any atom is -0.417 e. The molecular formula is C19H32N2O4Si. The zero-order valence-electron chi connectivity index (χ0n) is 16.7. The van der Waals surface area contributed by atoms with Crippen molar-refractivity contribution in [1.82, 2.24) is 5.32 Å². The van der Waals surface area contributed by atoms with Crippen molar-refractivity contribution in [2.45, 2.75) is 57.5 Å². The number of amides is 2. The van der Waals surface area contributed by atoms with Crippen molar-refractivity contribution in [3.63, 3.8) is 0 Å². The minimum absolute atomic E-state index is 0.0763. The van der Waals surface area contributed by atoms with Crippen LogP contribution in [0.1, 0.15) is 38.9 Å². The highest BCUT2D eigenvalue weighted by atomic mass is 28.4. The molecule has 0 radical (unpaired) electrons. The number of carbonyl (C=O) groups is 2. The Bertz CT molecular complexity index is 599. The molecule has 0 aromatic heterocycles. The van der Waals surface area contributed by atoms with Gasteiger partial charge in [0.25, 0.3) is 5.91 Å². The summed E-state index contributed by atoms with van der Waals surface area (Å²) in [4.78, 5) is 24.3. The van der Waals surface area contributed by atoms with Crippen molar-refractivity contribution >= 4 is 20.1 Å². The summed E-state index contributed by atoms with van der Waals surface area (Å²) in [5.41, 5.74) is 6.18. The predicted molar refractivity (Wildman–Crippen MR) is 105 cm³/mol. The molecule has 0 saturated carbocycles. The molecular weight excluding hydrogens is 348 g/mol. The Morgan fingerprint density at radius 2 is 1.77 bits per heavy atom. The zero-order chi connectivity index (χ0) is 20.0. The van der Waals surface area contributed by atoms with Crippen molar-refractivity contribution in [2.75, 3.05) is 13.7 Å². The quantitative estimate of drug-likeness (QED) is 0.645. The SMILES string of the molecule is CO[C@H](C(=O)N[C@H](CCO[Si](C)(C)C(C)(C)C)C(N)=O)c1ccccc1. The van der Waals surface area contributed by atoms with Crippen LogP contribution in [0, 0.1) is 0 Å². The van der Waals surface area contributed by atoms with E-state index in [1.165, 1.54) is 7.11 Å². The van der Waals surface area contributed by atoms with Gasteiger partial charge in [-0.05, 0) is 30.1 Å². The second kappa shape index (κ2) is 9.30. The molecule has 0 fully saturated rings. The summed E-state index contributed by atoms with van der Waals surface area (Å²) in [6, 6.07) is 8.31. The van der Waals surface area contributed by atoms with E-state index in [1.54, 1.807) is 12.1 Å². The van der Waals surface area contributed by atoms with Crippen LogP contribution in [0.15, 0.2) is 30.3 Å². The predicted octanol–water partition coefficient (Wildman–Crippen LogP) is 2.76. The Morgan fingerprint density at radius 1 is 1.19 bits per heavy atom. The molecule has 7 heteroatoms. The van der Waals surface area contributed by atoms with E-state index >= 15 is 0 Å². The molecule has 0 aliphatic heterocycles. The van der Waals surface area contributed by atoms with Gasteiger partial charge in [-0.2, -0.15) is 0 Å². The molecule has 0 saturated heterocycles. The second-order valence-corrected chi connectivity index (χ2v) is 12.7. The summed E-state index contributed by atoms with van der Waals surface area (Å²) in [6.07, 6.45) is -0.460. The zero-order valence-corrected chi connectivity index (χ0v) is 17.7. The molecule has 0 aliphatic carbocycles. The van der Waals surface area contributed by atoms with Crippen molar-refractivity contribution in [3.05, 3.63) is 35.9 Å². The van der Waals surface area contributed by atoms with E-state index in [0.717, 1.165) is 0 Å². The first kappa shape index (κ1) is 22.3. The normalized spacial score (nSPS) is 14.5. The highest BCUT2D eigenvalue weighted by Crippen LogP contribution is 2.36. The summed E-state index contributed by atoms with van der Waals surface area (Å²) in [5, 5.41) is 2.76. The average Bonchev–Trinajstić information content (AvgIpc) is 2.54. The standard InChI is InChI=1S/C19H32N2O4Si/c1-19(2,3)26(5,6)25-13-12-15(17(20)22)21-18(23)16(24-4)14-10-8-7-9-11-14/h7-11,15-16H,12-13H2,1-6H3,(H2,20,22)(H,21,23)/t15-,16+/m1/s1. The number of nitrogens with one attached hydrogen (secondary N) is 1. The lowest BCUT2D eigenvalue weighted by Crippen LogP contribution is -2.48. The van der Waals surface area contributed by atoms with Gasteiger partial charge in [0.2, 0.25) is 5.91 Å². The number of hydrogen-bond donors (Lipinski definition) is 2. The number of benzene rings is 1. The molecule has 1 aromatic rings. The molecule has 146 valence electrons. The van der Waals surface area contributed by atoms with Gasteiger partial charge in [-0.15, -0.1) is 0 Å². The largest absolute Gasteiger partial charge is 0.417 e. The van der Waals surface area contributed by atoms with E-state index in [-0.39, 0.29) is 5.04 Å². The molecule has 0 unspecified atom stereocenters. The van der Waals surface area contributed by atoms with E-state index in [1.807, 2.05) is 18.2 Å². The Balaban J connectivity index is 2.70. The van der Waals surface area contributed by atoms with Crippen LogP contribution in [-0.4, -0.2) is 39.9 Å². The molecule has 0 spiro atoms. The van der Waals surface area contributed by atoms with E-state index < -0.39 is 32.3 Å². The molecule has 0 aliphatic rings. The van der Waals surface area contributed by atoms with E-state index in [2.05, 4.69) is 39.2 Å². The van der Waals surface area contributed by atoms with Crippen LogP contribution in [0.4, 0.5) is 0 Å². The Labute approximate surface area is 157 Å². The topological polar surface area (TPSA) is 90.7 Å². The molecule has 2 atom stereocenters. The number of primary amides is 1. The first-order chi connectivity index (χ1) is 12.0. The van der Waals surface area contributed by atoms with Gasteiger partial charge >= 0.3 is 0 Å². The highest BCUT2D eigenvalue weighted by Gasteiger charge is 2.37. The third-order valence-electron chi connectivity index (χ3n) is 4.91. The van der Waals surface area contributed by atoms with Crippen molar-refractivity contribution in [2.24, 2.45) is 5.73 Å². The van der Waals surface area contributed by atoms with Crippen molar-refractivity contribution < 1.29 is 18.8 Å². The summed E-state index contributed by atoms with van der Waals surface area (Å²) in [6.45, 7) is 11.1. The lowest BCUT2D eigenvalue weighted by Gasteiger charge is -2.36. The molecule has 2 amide bonds. The van der Waals surface area contributed by atoms with Crippen LogP contribution in [-0.2, 0) is 18.8 Å². The van der Waals surface area contributed by atoms with Crippen molar-refractivity contribution in [3.8, 4) is 0 Å². The van der Waals surface area contributed by atoms with Crippen LogP contribution in [0.3, 0.4) is 0 Å². The monoisotopic (exact) mass is 380 g/mol. The third kappa shape index (κ3) is 6.23. The molecule has 6 nitrogen and oxygen atoms in total. The fraction of sp³-hybridized carbons (Fsp3) is 0.579. The second-order valence-electron chi connectivity index (χ2n) is 7.89. The Hall–Kier alpha value is -1.70. The van der Waals surface area contributed by atoms with Gasteiger partial charge in [-0.3, -0.25) is 9.59 Å². The fourth-order valence-electron chi connectivity index (χ4n) is 2.20. The fourth-order valence-corrected chi connectivity index (χ4v) is 3.26. The molecule has 3 N–H and O–H groups in total. The maximum absolute atomic E-state index is 12.5. The average molecular weight is 381 g/mol. The van der Waals surface area contributed by atoms with Crippen LogP contribution in [0.25, 0.3) is 0 Å². The summed E-state index contributed by atoms with van der Waals surface area (Å²) < 4.78 is 11.4. The molecule has 0 heterocycles. The summed E-state index contributed by atoms with van der Waals surface area (Å²) >= 11 is 0. The van der Waals surface area contributed by atoms with Gasteiger partial charge in [-0.25, -0.2) is 0 Å². The number of hydrogen-bond acceptors (Lipinski definition) is 4. The lowest BCUT2D eigenvalue weighted by molar-refractivity contribution is -0.135. The summed E-state index contributed by atoms with van der Waals surface area (Å²) in [5.74, 6) is -0.977. The number of ether oxygens (including phenoxy) is 1. The van der Waals surface area contributed by atoms with Gasteiger partial charge in [0.1, 0.15) is 6.04 Å². The van der Waals surface area contributed by atoms with E-state index in [0.29, 0.717) is 18.6 Å².